The van der Waals surface area contributed by atoms with Gasteiger partial charge in [-0.3, -0.25) is 4.79 Å². The normalized spacial score (nSPS) is 18.3. The number of aryl methyl sites for hydroxylation is 3. The molecule has 2 atom stereocenters. The number of fused-ring (bicyclic) bond motifs is 1. The van der Waals surface area contributed by atoms with E-state index in [4.69, 9.17) is 0 Å². The second kappa shape index (κ2) is 7.27. The second-order valence-electron chi connectivity index (χ2n) is 6.87. The third-order valence-electron chi connectivity index (χ3n) is 4.73. The standard InChI is InChI=1S/C20H20FN5OS/c1-11-4-9-16(12(2)10-11)22-19(27)18-17(14-5-7-15(21)8-6-14)25-26-13(3)23-24-20(26)28-18/h4-10,17-18,25H,1-3H3,(H,22,27)/t17-,18+/m0/s1. The summed E-state index contributed by atoms with van der Waals surface area (Å²) in [5.74, 6) is 0.234. The quantitative estimate of drug-likeness (QED) is 0.704. The number of carbonyl (C=O) groups excluding carboxylic acids is 1. The van der Waals surface area contributed by atoms with Gasteiger partial charge in [0.25, 0.3) is 0 Å². The van der Waals surface area contributed by atoms with Gasteiger partial charge in [0.05, 0.1) is 6.04 Å². The molecule has 6 nitrogen and oxygen atoms in total. The monoisotopic (exact) mass is 397 g/mol. The number of rotatable bonds is 3. The molecule has 0 spiro atoms. The molecule has 0 aliphatic carbocycles. The van der Waals surface area contributed by atoms with Crippen LogP contribution >= 0.6 is 11.8 Å². The highest BCUT2D eigenvalue weighted by Gasteiger charge is 2.37. The molecule has 1 aliphatic rings. The maximum Gasteiger partial charge on any atom is 0.240 e. The number of benzene rings is 2. The number of hydrogen-bond donors (Lipinski definition) is 2. The molecule has 1 amide bonds. The summed E-state index contributed by atoms with van der Waals surface area (Å²) in [6.07, 6.45) is 0. The molecule has 0 fully saturated rings. The number of carbonyl (C=O) groups is 1. The number of aromatic nitrogens is 3. The van der Waals surface area contributed by atoms with Crippen molar-refractivity contribution >= 4 is 23.4 Å². The number of halogens is 1. The van der Waals surface area contributed by atoms with Gasteiger partial charge in [-0.15, -0.1) is 10.2 Å². The lowest BCUT2D eigenvalue weighted by Gasteiger charge is -2.32. The van der Waals surface area contributed by atoms with Crippen LogP contribution in [0, 0.1) is 26.6 Å². The molecule has 2 heterocycles. The van der Waals surface area contributed by atoms with Crippen molar-refractivity contribution in [3.8, 4) is 0 Å². The Morgan fingerprint density at radius 1 is 1.14 bits per heavy atom. The maximum absolute atomic E-state index is 13.4. The molecule has 1 aromatic heterocycles. The van der Waals surface area contributed by atoms with Crippen molar-refractivity contribution in [1.82, 2.24) is 14.9 Å². The highest BCUT2D eigenvalue weighted by Crippen LogP contribution is 2.37. The highest BCUT2D eigenvalue weighted by molar-refractivity contribution is 8.00. The van der Waals surface area contributed by atoms with Crippen LogP contribution in [-0.2, 0) is 4.79 Å². The number of thioether (sulfide) groups is 1. The number of nitrogens with one attached hydrogen (secondary N) is 2. The Morgan fingerprint density at radius 2 is 1.89 bits per heavy atom. The van der Waals surface area contributed by atoms with E-state index in [9.17, 15) is 9.18 Å². The highest BCUT2D eigenvalue weighted by atomic mass is 32.2. The van der Waals surface area contributed by atoms with Crippen molar-refractivity contribution in [3.63, 3.8) is 0 Å². The van der Waals surface area contributed by atoms with Crippen LogP contribution in [0.5, 0.6) is 0 Å². The van der Waals surface area contributed by atoms with Crippen molar-refractivity contribution < 1.29 is 9.18 Å². The Labute approximate surface area is 166 Å². The van der Waals surface area contributed by atoms with Crippen molar-refractivity contribution in [2.45, 2.75) is 37.2 Å². The van der Waals surface area contributed by atoms with Crippen LogP contribution in [0.3, 0.4) is 0 Å². The SMILES string of the molecule is Cc1ccc(NC(=O)[C@@H]2Sc3nnc(C)n3N[C@H]2c2ccc(F)cc2)c(C)c1. The van der Waals surface area contributed by atoms with Crippen LogP contribution < -0.4 is 10.7 Å². The molecule has 0 saturated carbocycles. The van der Waals surface area contributed by atoms with Gasteiger partial charge in [-0.1, -0.05) is 41.6 Å². The summed E-state index contributed by atoms with van der Waals surface area (Å²) in [4.78, 5) is 13.2. The van der Waals surface area contributed by atoms with Crippen molar-refractivity contribution in [3.05, 3.63) is 70.8 Å². The van der Waals surface area contributed by atoms with Crippen LogP contribution in [0.1, 0.15) is 28.6 Å². The largest absolute Gasteiger partial charge is 0.325 e. The molecule has 2 N–H and O–H groups in total. The van der Waals surface area contributed by atoms with Crippen LogP contribution in [0.25, 0.3) is 0 Å². The smallest absolute Gasteiger partial charge is 0.240 e. The summed E-state index contributed by atoms with van der Waals surface area (Å²) >= 11 is 1.34. The van der Waals surface area contributed by atoms with E-state index in [2.05, 4.69) is 20.9 Å². The molecule has 0 radical (unpaired) electrons. The van der Waals surface area contributed by atoms with E-state index in [1.54, 1.807) is 16.8 Å². The summed E-state index contributed by atoms with van der Waals surface area (Å²) in [5, 5.41) is 11.4. The van der Waals surface area contributed by atoms with Gasteiger partial charge in [-0.05, 0) is 50.1 Å². The Hall–Kier alpha value is -2.87. The van der Waals surface area contributed by atoms with E-state index in [1.807, 2.05) is 39.0 Å². The molecule has 0 unspecified atom stereocenters. The van der Waals surface area contributed by atoms with Gasteiger partial charge in [-0.2, -0.15) is 0 Å². The van der Waals surface area contributed by atoms with E-state index in [1.165, 1.54) is 23.9 Å². The fraction of sp³-hybridized carbons (Fsp3) is 0.250. The predicted octanol–water partition coefficient (Wildman–Crippen LogP) is 3.74. The number of anilines is 1. The first-order chi connectivity index (χ1) is 13.4. The summed E-state index contributed by atoms with van der Waals surface area (Å²) < 4.78 is 15.2. The van der Waals surface area contributed by atoms with Gasteiger partial charge in [0, 0.05) is 5.69 Å². The van der Waals surface area contributed by atoms with Crippen molar-refractivity contribution in [2.24, 2.45) is 0 Å². The van der Waals surface area contributed by atoms with Gasteiger partial charge >= 0.3 is 0 Å². The molecule has 0 saturated heterocycles. The Bertz CT molecular complexity index is 1030. The maximum atomic E-state index is 13.4. The third kappa shape index (κ3) is 3.47. The predicted molar refractivity (Wildman–Crippen MR) is 107 cm³/mol. The zero-order chi connectivity index (χ0) is 19.8. The fourth-order valence-electron chi connectivity index (χ4n) is 3.24. The van der Waals surface area contributed by atoms with E-state index in [0.29, 0.717) is 11.0 Å². The van der Waals surface area contributed by atoms with E-state index in [-0.39, 0.29) is 17.8 Å². The van der Waals surface area contributed by atoms with Crippen LogP contribution in [0.4, 0.5) is 10.1 Å². The summed E-state index contributed by atoms with van der Waals surface area (Å²) in [7, 11) is 0. The lowest BCUT2D eigenvalue weighted by molar-refractivity contribution is -0.116. The molecule has 8 heteroatoms. The topological polar surface area (TPSA) is 71.8 Å². The summed E-state index contributed by atoms with van der Waals surface area (Å²) in [5.41, 5.74) is 7.03. The molecular weight excluding hydrogens is 377 g/mol. The third-order valence-corrected chi connectivity index (χ3v) is 5.94. The minimum Gasteiger partial charge on any atom is -0.325 e. The molecule has 0 bridgehead atoms. The summed E-state index contributed by atoms with van der Waals surface area (Å²) in [6.45, 7) is 5.81. The van der Waals surface area contributed by atoms with Crippen LogP contribution in [0.15, 0.2) is 47.6 Å². The van der Waals surface area contributed by atoms with Crippen LogP contribution in [-0.4, -0.2) is 26.0 Å². The van der Waals surface area contributed by atoms with E-state index in [0.717, 1.165) is 22.4 Å². The molecular formula is C20H20FN5OS. The van der Waals surface area contributed by atoms with Gasteiger partial charge in [0.1, 0.15) is 16.9 Å². The van der Waals surface area contributed by atoms with E-state index < -0.39 is 5.25 Å². The van der Waals surface area contributed by atoms with Gasteiger partial charge in [-0.25, -0.2) is 9.07 Å². The lowest BCUT2D eigenvalue weighted by atomic mass is 10.0. The minimum absolute atomic E-state index is 0.148. The number of amides is 1. The molecule has 144 valence electrons. The first-order valence-corrected chi connectivity index (χ1v) is 9.79. The van der Waals surface area contributed by atoms with Crippen LogP contribution in [0.2, 0.25) is 0 Å². The average Bonchev–Trinajstić information content (AvgIpc) is 3.04. The Kier molecular flexibility index (Phi) is 4.80. The first-order valence-electron chi connectivity index (χ1n) is 8.91. The zero-order valence-electron chi connectivity index (χ0n) is 15.7. The minimum atomic E-state index is -0.498. The molecule has 3 aromatic rings. The van der Waals surface area contributed by atoms with Crippen molar-refractivity contribution in [2.75, 3.05) is 10.7 Å². The van der Waals surface area contributed by atoms with E-state index >= 15 is 0 Å². The molecule has 28 heavy (non-hydrogen) atoms. The lowest BCUT2D eigenvalue weighted by Crippen LogP contribution is -2.41. The zero-order valence-corrected chi connectivity index (χ0v) is 16.5. The summed E-state index contributed by atoms with van der Waals surface area (Å²) in [6, 6.07) is 11.7. The molecule has 4 rings (SSSR count). The van der Waals surface area contributed by atoms with Crippen molar-refractivity contribution in [1.29, 1.82) is 0 Å². The first kappa shape index (κ1) is 18.5. The average molecular weight is 397 g/mol. The molecule has 1 aliphatic heterocycles. The number of nitrogens with zero attached hydrogens (tertiary/aromatic N) is 3. The number of hydrogen-bond acceptors (Lipinski definition) is 5. The Balaban J connectivity index is 1.67. The van der Waals surface area contributed by atoms with Gasteiger partial charge in [0.2, 0.25) is 11.1 Å². The second-order valence-corrected chi connectivity index (χ2v) is 7.98. The molecule has 2 aromatic carbocycles. The van der Waals surface area contributed by atoms with Gasteiger partial charge in [0.15, 0.2) is 0 Å². The fourth-order valence-corrected chi connectivity index (χ4v) is 4.36. The Morgan fingerprint density at radius 3 is 2.61 bits per heavy atom. The van der Waals surface area contributed by atoms with Gasteiger partial charge < -0.3 is 10.7 Å².